The van der Waals surface area contributed by atoms with Crippen LogP contribution in [0.5, 0.6) is 0 Å². The number of rotatable bonds is 8. The maximum Gasteiger partial charge on any atom is 0.327 e. The van der Waals surface area contributed by atoms with Gasteiger partial charge in [0, 0.05) is 13.6 Å². The number of esters is 1. The normalized spacial score (nSPS) is 10.8. The number of benzene rings is 1. The molecule has 0 saturated carbocycles. The van der Waals surface area contributed by atoms with E-state index in [4.69, 9.17) is 4.74 Å². The van der Waals surface area contributed by atoms with Crippen LogP contribution < -0.4 is 4.90 Å². The van der Waals surface area contributed by atoms with Crippen molar-refractivity contribution < 1.29 is 9.53 Å². The Morgan fingerprint density at radius 2 is 2.00 bits per heavy atom. The van der Waals surface area contributed by atoms with Gasteiger partial charge in [-0.1, -0.05) is 30.3 Å². The highest BCUT2D eigenvalue weighted by Gasteiger charge is 2.14. The third-order valence-electron chi connectivity index (χ3n) is 4.33. The van der Waals surface area contributed by atoms with Gasteiger partial charge in [-0.25, -0.2) is 14.6 Å². The molecule has 0 aliphatic rings. The first kappa shape index (κ1) is 17.8. The zero-order valence-corrected chi connectivity index (χ0v) is 15.1. The largest absolute Gasteiger partial charge is 0.468 e. The van der Waals surface area contributed by atoms with E-state index in [0.29, 0.717) is 5.65 Å². The fourth-order valence-corrected chi connectivity index (χ4v) is 2.92. The van der Waals surface area contributed by atoms with E-state index in [1.165, 1.54) is 23.7 Å². The number of anilines is 1. The number of carbonyl (C=O) groups excluding carboxylic acids is 1. The van der Waals surface area contributed by atoms with E-state index < -0.39 is 0 Å². The van der Waals surface area contributed by atoms with Crippen molar-refractivity contribution in [2.75, 3.05) is 25.6 Å². The fourth-order valence-electron chi connectivity index (χ4n) is 2.92. The summed E-state index contributed by atoms with van der Waals surface area (Å²) in [7, 11) is 3.37. The average Bonchev–Trinajstić information content (AvgIpc) is 3.08. The molecule has 0 radical (unpaired) electrons. The Morgan fingerprint density at radius 1 is 1.19 bits per heavy atom. The topological polar surface area (TPSA) is 73.1 Å². The molecule has 0 unspecified atom stereocenters. The number of aryl methyl sites for hydroxylation is 1. The second-order valence-corrected chi connectivity index (χ2v) is 6.18. The zero-order chi connectivity index (χ0) is 18.4. The highest BCUT2D eigenvalue weighted by molar-refractivity contribution is 5.87. The van der Waals surface area contributed by atoms with Crippen molar-refractivity contribution in [2.45, 2.75) is 25.8 Å². The number of carbonyl (C=O) groups is 1. The number of hydrogen-bond donors (Lipinski definition) is 0. The Kier molecular flexibility index (Phi) is 5.78. The molecular formula is C19H23N5O2. The van der Waals surface area contributed by atoms with Gasteiger partial charge in [0.15, 0.2) is 5.65 Å². The molecule has 0 bridgehead atoms. The number of nitrogens with zero attached hydrogens (tertiary/aromatic N) is 5. The summed E-state index contributed by atoms with van der Waals surface area (Å²) in [4.78, 5) is 22.3. The summed E-state index contributed by atoms with van der Waals surface area (Å²) in [6.45, 7) is 0.929. The summed E-state index contributed by atoms with van der Waals surface area (Å²) in [5.74, 6) is 0.468. The monoisotopic (exact) mass is 353 g/mol. The highest BCUT2D eigenvalue weighted by Crippen LogP contribution is 2.22. The van der Waals surface area contributed by atoms with E-state index in [0.717, 1.165) is 37.0 Å². The molecule has 0 aliphatic heterocycles. The molecule has 0 fully saturated rings. The van der Waals surface area contributed by atoms with Gasteiger partial charge in [0.05, 0.1) is 18.7 Å². The third kappa shape index (κ3) is 4.17. The van der Waals surface area contributed by atoms with Crippen LogP contribution in [0, 0.1) is 0 Å². The number of ether oxygens (including phenoxy) is 1. The predicted octanol–water partition coefficient (Wildman–Crippen LogP) is 2.46. The summed E-state index contributed by atoms with van der Waals surface area (Å²) >= 11 is 0. The minimum absolute atomic E-state index is 0.0389. The van der Waals surface area contributed by atoms with E-state index in [-0.39, 0.29) is 12.5 Å². The highest BCUT2D eigenvalue weighted by atomic mass is 16.5. The summed E-state index contributed by atoms with van der Waals surface area (Å²) < 4.78 is 6.24. The van der Waals surface area contributed by atoms with Crippen LogP contribution in [0.25, 0.3) is 11.0 Å². The molecule has 7 heteroatoms. The number of methoxy groups -OCH3 is 1. The third-order valence-corrected chi connectivity index (χ3v) is 4.33. The van der Waals surface area contributed by atoms with Gasteiger partial charge in [-0.3, -0.25) is 4.79 Å². The smallest absolute Gasteiger partial charge is 0.327 e. The van der Waals surface area contributed by atoms with Crippen molar-refractivity contribution in [1.82, 2.24) is 19.7 Å². The molecule has 1 aromatic carbocycles. The Bertz CT molecular complexity index is 863. The molecule has 0 N–H and O–H groups in total. The Labute approximate surface area is 152 Å². The first-order chi connectivity index (χ1) is 12.7. The second-order valence-electron chi connectivity index (χ2n) is 6.18. The van der Waals surface area contributed by atoms with Crippen molar-refractivity contribution in [2.24, 2.45) is 0 Å². The van der Waals surface area contributed by atoms with E-state index in [9.17, 15) is 4.79 Å². The molecule has 0 amide bonds. The van der Waals surface area contributed by atoms with Gasteiger partial charge in [-0.15, -0.1) is 0 Å². The molecule has 0 atom stereocenters. The molecule has 26 heavy (non-hydrogen) atoms. The van der Waals surface area contributed by atoms with Crippen LogP contribution in [0.3, 0.4) is 0 Å². The Morgan fingerprint density at radius 3 is 2.77 bits per heavy atom. The SMILES string of the molecule is COC(=O)Cn1ncc2c(N(C)CCCCc3ccccc3)ncnc21. The van der Waals surface area contributed by atoms with Crippen molar-refractivity contribution >= 4 is 22.8 Å². The van der Waals surface area contributed by atoms with Gasteiger partial charge >= 0.3 is 5.97 Å². The van der Waals surface area contributed by atoms with Crippen molar-refractivity contribution in [3.8, 4) is 0 Å². The minimum Gasteiger partial charge on any atom is -0.468 e. The lowest BCUT2D eigenvalue weighted by Gasteiger charge is -2.18. The number of aromatic nitrogens is 4. The first-order valence-electron chi connectivity index (χ1n) is 8.67. The van der Waals surface area contributed by atoms with Crippen LogP contribution in [0.1, 0.15) is 18.4 Å². The van der Waals surface area contributed by atoms with Gasteiger partial charge in [0.25, 0.3) is 0 Å². The van der Waals surface area contributed by atoms with Crippen LogP contribution in [0.4, 0.5) is 5.82 Å². The van der Waals surface area contributed by atoms with Gasteiger partial charge in [-0.2, -0.15) is 5.10 Å². The number of hydrogen-bond acceptors (Lipinski definition) is 6. The molecule has 0 saturated heterocycles. The lowest BCUT2D eigenvalue weighted by Crippen LogP contribution is -2.20. The zero-order valence-electron chi connectivity index (χ0n) is 15.1. The van der Waals surface area contributed by atoms with Crippen LogP contribution >= 0.6 is 0 Å². The number of unbranched alkanes of at least 4 members (excludes halogenated alkanes) is 1. The van der Waals surface area contributed by atoms with E-state index in [1.807, 2.05) is 13.1 Å². The van der Waals surface area contributed by atoms with Crippen LogP contribution in [0.2, 0.25) is 0 Å². The van der Waals surface area contributed by atoms with Crippen molar-refractivity contribution in [1.29, 1.82) is 0 Å². The summed E-state index contributed by atoms with van der Waals surface area (Å²) in [6.07, 6.45) is 6.46. The summed E-state index contributed by atoms with van der Waals surface area (Å²) in [5.41, 5.74) is 2.00. The maximum absolute atomic E-state index is 11.5. The number of fused-ring (bicyclic) bond motifs is 1. The van der Waals surface area contributed by atoms with E-state index >= 15 is 0 Å². The van der Waals surface area contributed by atoms with Gasteiger partial charge in [0.1, 0.15) is 18.7 Å². The van der Waals surface area contributed by atoms with Crippen molar-refractivity contribution in [3.05, 3.63) is 48.4 Å². The van der Waals surface area contributed by atoms with Gasteiger partial charge in [0.2, 0.25) is 0 Å². The quantitative estimate of drug-likeness (QED) is 0.457. The molecule has 0 aliphatic carbocycles. The first-order valence-corrected chi connectivity index (χ1v) is 8.67. The minimum atomic E-state index is -0.357. The molecule has 3 aromatic rings. The fraction of sp³-hybridized carbons (Fsp3) is 0.368. The molecule has 3 rings (SSSR count). The van der Waals surface area contributed by atoms with Crippen LogP contribution in [-0.4, -0.2) is 46.4 Å². The lowest BCUT2D eigenvalue weighted by molar-refractivity contribution is -0.141. The maximum atomic E-state index is 11.5. The van der Waals surface area contributed by atoms with Gasteiger partial charge < -0.3 is 9.64 Å². The second kappa shape index (κ2) is 8.42. The molecule has 7 nitrogen and oxygen atoms in total. The molecule has 136 valence electrons. The predicted molar refractivity (Wildman–Crippen MR) is 100.0 cm³/mol. The standard InChI is InChI=1S/C19H23N5O2/c1-23(11-7-6-10-15-8-4-3-5-9-15)18-16-12-22-24(13-17(25)26-2)19(16)21-14-20-18/h3-5,8-9,12,14H,6-7,10-11,13H2,1-2H3. The van der Waals surface area contributed by atoms with E-state index in [1.54, 1.807) is 6.20 Å². The molecule has 2 heterocycles. The van der Waals surface area contributed by atoms with Crippen LogP contribution in [-0.2, 0) is 22.5 Å². The van der Waals surface area contributed by atoms with Gasteiger partial charge in [-0.05, 0) is 24.8 Å². The summed E-state index contributed by atoms with van der Waals surface area (Å²) in [5, 5.41) is 5.08. The Balaban J connectivity index is 1.62. The van der Waals surface area contributed by atoms with Crippen LogP contribution in [0.15, 0.2) is 42.9 Å². The van der Waals surface area contributed by atoms with E-state index in [2.05, 4.69) is 44.2 Å². The lowest BCUT2D eigenvalue weighted by atomic mass is 10.1. The summed E-state index contributed by atoms with van der Waals surface area (Å²) in [6, 6.07) is 10.5. The molecule has 0 spiro atoms. The van der Waals surface area contributed by atoms with Crippen molar-refractivity contribution in [3.63, 3.8) is 0 Å². The molecule has 2 aromatic heterocycles. The Hall–Kier alpha value is -2.96. The molecular weight excluding hydrogens is 330 g/mol. The average molecular weight is 353 g/mol.